The third kappa shape index (κ3) is 5.26. The molecule has 0 aliphatic rings. The molecule has 0 saturated carbocycles. The first-order valence-electron chi connectivity index (χ1n) is 7.84. The van der Waals surface area contributed by atoms with Crippen LogP contribution in [0.15, 0.2) is 66.9 Å². The lowest BCUT2D eigenvalue weighted by Gasteiger charge is -2.32. The molecule has 2 aromatic rings. The minimum absolute atomic E-state index is 0.0424. The van der Waals surface area contributed by atoms with Gasteiger partial charge in [-0.05, 0) is 18.6 Å². The van der Waals surface area contributed by atoms with Gasteiger partial charge >= 0.3 is 5.97 Å². The van der Waals surface area contributed by atoms with Gasteiger partial charge in [-0.2, -0.15) is 0 Å². The molecule has 0 radical (unpaired) electrons. The zero-order valence-electron chi connectivity index (χ0n) is 14.1. The van der Waals surface area contributed by atoms with Crippen molar-refractivity contribution < 1.29 is 19.7 Å². The zero-order chi connectivity index (χ0) is 18.2. The van der Waals surface area contributed by atoms with Crippen LogP contribution in [0, 0.1) is 0 Å². The van der Waals surface area contributed by atoms with E-state index in [1.54, 1.807) is 37.4 Å². The predicted molar refractivity (Wildman–Crippen MR) is 96.0 cm³/mol. The number of carbonyl (C=O) groups is 1. The Balaban J connectivity index is 2.27. The number of aliphatic hydroxyl groups excluding tert-OH is 1. The Bertz CT molecular complexity index is 718. The summed E-state index contributed by atoms with van der Waals surface area (Å²) >= 11 is 0. The molecule has 132 valence electrons. The van der Waals surface area contributed by atoms with E-state index in [-0.39, 0.29) is 12.8 Å². The number of hydrogen-bond donors (Lipinski definition) is 3. The Morgan fingerprint density at radius 2 is 1.92 bits per heavy atom. The molecule has 0 saturated heterocycles. The molecule has 1 atom stereocenters. The van der Waals surface area contributed by atoms with Crippen molar-refractivity contribution in [2.24, 2.45) is 0 Å². The fraction of sp³-hybridized carbons (Fsp3) is 0.211. The second-order valence-electron chi connectivity index (χ2n) is 5.46. The van der Waals surface area contributed by atoms with Gasteiger partial charge in [0, 0.05) is 17.3 Å². The smallest absolute Gasteiger partial charge is 0.303 e. The first-order chi connectivity index (χ1) is 12.0. The maximum atomic E-state index is 10.8. The Kier molecular flexibility index (Phi) is 6.42. The number of nitrogens with one attached hydrogen (secondary N) is 1. The highest BCUT2D eigenvalue weighted by molar-refractivity contribution is 5.67. The van der Waals surface area contributed by atoms with Crippen LogP contribution in [-0.2, 0) is 4.79 Å². The van der Waals surface area contributed by atoms with Crippen molar-refractivity contribution >= 4 is 11.7 Å². The minimum atomic E-state index is -0.991. The van der Waals surface area contributed by atoms with Gasteiger partial charge in [-0.25, -0.2) is 0 Å². The largest absolute Gasteiger partial charge is 0.497 e. The number of carboxylic acids is 1. The number of ether oxygens (including phenoxy) is 1. The van der Waals surface area contributed by atoms with Gasteiger partial charge in [0.1, 0.15) is 5.75 Å². The molecule has 0 fully saturated rings. The van der Waals surface area contributed by atoms with Gasteiger partial charge in [-0.1, -0.05) is 43.0 Å². The molecule has 3 N–H and O–H groups in total. The van der Waals surface area contributed by atoms with Crippen LogP contribution >= 0.6 is 0 Å². The van der Waals surface area contributed by atoms with E-state index in [1.807, 2.05) is 24.3 Å². The summed E-state index contributed by atoms with van der Waals surface area (Å²) in [6, 6.07) is 16.3. The molecule has 0 spiro atoms. The van der Waals surface area contributed by atoms with Crippen LogP contribution in [0.4, 0.5) is 5.69 Å². The highest BCUT2D eigenvalue weighted by Gasteiger charge is 2.19. The molecule has 25 heavy (non-hydrogen) atoms. The van der Waals surface area contributed by atoms with Crippen LogP contribution in [0.5, 0.6) is 5.75 Å². The van der Waals surface area contributed by atoms with Crippen LogP contribution in [0.2, 0.25) is 0 Å². The third-order valence-electron chi connectivity index (χ3n) is 3.59. The first-order valence-corrected chi connectivity index (χ1v) is 7.84. The second-order valence-corrected chi connectivity index (χ2v) is 5.46. The van der Waals surface area contributed by atoms with Crippen molar-refractivity contribution in [2.45, 2.75) is 19.1 Å². The van der Waals surface area contributed by atoms with Crippen LogP contribution in [-0.4, -0.2) is 23.3 Å². The summed E-state index contributed by atoms with van der Waals surface area (Å²) in [6.45, 7) is 3.85. The number of rotatable bonds is 9. The summed E-state index contributed by atoms with van der Waals surface area (Å²) in [7, 11) is 1.57. The summed E-state index contributed by atoms with van der Waals surface area (Å²) in [5.41, 5.74) is 4.84. The molecule has 0 aliphatic carbocycles. The number of anilines is 1. The van der Waals surface area contributed by atoms with E-state index in [1.165, 1.54) is 5.01 Å². The van der Waals surface area contributed by atoms with Crippen molar-refractivity contribution in [2.75, 3.05) is 12.1 Å². The number of benzene rings is 2. The number of aliphatic hydroxyl groups is 1. The lowest BCUT2D eigenvalue weighted by Crippen LogP contribution is -2.40. The molecule has 6 nitrogen and oxygen atoms in total. The summed E-state index contributed by atoms with van der Waals surface area (Å²) in [6.07, 6.45) is -0.786. The molecule has 0 heterocycles. The Labute approximate surface area is 146 Å². The van der Waals surface area contributed by atoms with Gasteiger partial charge in [-0.15, -0.1) is 0 Å². The van der Waals surface area contributed by atoms with Crippen molar-refractivity contribution in [3.05, 3.63) is 72.4 Å². The number of nitrogens with zero attached hydrogens (tertiary/aromatic N) is 1. The maximum absolute atomic E-state index is 10.8. The lowest BCUT2D eigenvalue weighted by atomic mass is 10.2. The molecular weight excluding hydrogens is 320 g/mol. The molecule has 2 rings (SSSR count). The SMILES string of the molecule is C=C(CCC(=O)O)NN(c1cccc(OC)c1)C(O)c1ccccc1. The monoisotopic (exact) mass is 342 g/mol. The summed E-state index contributed by atoms with van der Waals surface area (Å²) in [4.78, 5) is 10.7. The van der Waals surface area contributed by atoms with E-state index >= 15 is 0 Å². The number of allylic oxidation sites excluding steroid dienone is 1. The number of methoxy groups -OCH3 is 1. The van der Waals surface area contributed by atoms with Gasteiger partial charge < -0.3 is 20.4 Å². The average Bonchev–Trinajstić information content (AvgIpc) is 2.64. The highest BCUT2D eigenvalue weighted by atomic mass is 16.5. The zero-order valence-corrected chi connectivity index (χ0v) is 14.1. The highest BCUT2D eigenvalue weighted by Crippen LogP contribution is 2.27. The van der Waals surface area contributed by atoms with Crippen molar-refractivity contribution in [3.63, 3.8) is 0 Å². The van der Waals surface area contributed by atoms with Crippen molar-refractivity contribution in [1.29, 1.82) is 0 Å². The molecule has 2 aromatic carbocycles. The molecular formula is C19H22N2O4. The molecule has 0 bridgehead atoms. The van der Waals surface area contributed by atoms with Gasteiger partial charge in [0.05, 0.1) is 19.2 Å². The van der Waals surface area contributed by atoms with E-state index in [9.17, 15) is 9.90 Å². The third-order valence-corrected chi connectivity index (χ3v) is 3.59. The van der Waals surface area contributed by atoms with Crippen molar-refractivity contribution in [3.8, 4) is 5.75 Å². The van der Waals surface area contributed by atoms with Crippen LogP contribution < -0.4 is 15.2 Å². The summed E-state index contributed by atoms with van der Waals surface area (Å²) in [5.74, 6) is -0.264. The standard InChI is InChI=1S/C19H22N2O4/c1-14(11-12-18(22)23)20-21(16-9-6-10-17(13-16)25-2)19(24)15-7-4-3-5-8-15/h3-10,13,19-20,24H,1,11-12H2,2H3,(H,22,23). The number of hydrogen-bond acceptors (Lipinski definition) is 5. The molecule has 0 aliphatic heterocycles. The average molecular weight is 342 g/mol. The van der Waals surface area contributed by atoms with Crippen LogP contribution in [0.1, 0.15) is 24.6 Å². The van der Waals surface area contributed by atoms with E-state index in [0.29, 0.717) is 22.7 Å². The minimum Gasteiger partial charge on any atom is -0.497 e. The quantitative estimate of drug-likeness (QED) is 0.480. The Morgan fingerprint density at radius 1 is 1.20 bits per heavy atom. The molecule has 0 amide bonds. The predicted octanol–water partition coefficient (Wildman–Crippen LogP) is 3.08. The lowest BCUT2D eigenvalue weighted by molar-refractivity contribution is -0.136. The van der Waals surface area contributed by atoms with E-state index in [4.69, 9.17) is 9.84 Å². The summed E-state index contributed by atoms with van der Waals surface area (Å²) < 4.78 is 5.24. The Hall–Kier alpha value is -2.99. The fourth-order valence-electron chi connectivity index (χ4n) is 2.29. The second kappa shape index (κ2) is 8.75. The van der Waals surface area contributed by atoms with E-state index in [2.05, 4.69) is 12.0 Å². The summed E-state index contributed by atoms with van der Waals surface area (Å²) in [5, 5.41) is 21.1. The Morgan fingerprint density at radius 3 is 2.56 bits per heavy atom. The van der Waals surface area contributed by atoms with Crippen LogP contribution in [0.25, 0.3) is 0 Å². The first kappa shape index (κ1) is 18.4. The van der Waals surface area contributed by atoms with Gasteiger partial charge in [-0.3, -0.25) is 9.80 Å². The van der Waals surface area contributed by atoms with Crippen molar-refractivity contribution in [1.82, 2.24) is 5.43 Å². The van der Waals surface area contributed by atoms with E-state index in [0.717, 1.165) is 0 Å². The van der Waals surface area contributed by atoms with Gasteiger partial charge in [0.25, 0.3) is 0 Å². The number of aliphatic carboxylic acids is 1. The molecule has 1 unspecified atom stereocenters. The molecule has 6 heteroatoms. The topological polar surface area (TPSA) is 82.0 Å². The van der Waals surface area contributed by atoms with Crippen LogP contribution in [0.3, 0.4) is 0 Å². The fourth-order valence-corrected chi connectivity index (χ4v) is 2.29. The maximum Gasteiger partial charge on any atom is 0.303 e. The number of hydrazine groups is 1. The van der Waals surface area contributed by atoms with Gasteiger partial charge in [0.15, 0.2) is 6.23 Å². The van der Waals surface area contributed by atoms with E-state index < -0.39 is 12.2 Å². The van der Waals surface area contributed by atoms with Gasteiger partial charge in [0.2, 0.25) is 0 Å². The normalized spacial score (nSPS) is 11.4. The number of carboxylic acid groups (broad SMARTS) is 1. The molecule has 0 aromatic heterocycles.